The van der Waals surface area contributed by atoms with Crippen molar-refractivity contribution in [1.82, 2.24) is 10.2 Å². The molecule has 1 aromatic heterocycles. The van der Waals surface area contributed by atoms with Gasteiger partial charge in [0, 0.05) is 23.7 Å². The number of fused-ring (bicyclic) bond motifs is 1. The van der Waals surface area contributed by atoms with Crippen LogP contribution in [0.2, 0.25) is 0 Å². The predicted octanol–water partition coefficient (Wildman–Crippen LogP) is 2.85. The van der Waals surface area contributed by atoms with E-state index in [9.17, 15) is 4.79 Å². The number of amides is 1. The molecule has 0 aliphatic carbocycles. The van der Waals surface area contributed by atoms with Crippen LogP contribution in [0.1, 0.15) is 10.4 Å². The van der Waals surface area contributed by atoms with Gasteiger partial charge in [-0.2, -0.15) is 5.10 Å². The van der Waals surface area contributed by atoms with Crippen LogP contribution in [0.25, 0.3) is 10.9 Å². The molecule has 0 atom stereocenters. The number of aromatic amines is 1. The number of aromatic nitrogens is 2. The zero-order valence-corrected chi connectivity index (χ0v) is 11.8. The van der Waals surface area contributed by atoms with E-state index in [4.69, 9.17) is 4.74 Å². The summed E-state index contributed by atoms with van der Waals surface area (Å²) < 4.78 is 5.12. The lowest BCUT2D eigenvalue weighted by Crippen LogP contribution is -2.26. The lowest BCUT2D eigenvalue weighted by molar-refractivity contribution is 0.0993. The Morgan fingerprint density at radius 1 is 1.19 bits per heavy atom. The fourth-order valence-electron chi connectivity index (χ4n) is 2.19. The first kappa shape index (κ1) is 13.2. The molecule has 0 radical (unpaired) electrons. The van der Waals surface area contributed by atoms with Crippen molar-refractivity contribution < 1.29 is 9.53 Å². The number of hydrogen-bond donors (Lipinski definition) is 1. The van der Waals surface area contributed by atoms with Gasteiger partial charge in [-0.1, -0.05) is 6.07 Å². The average Bonchev–Trinajstić information content (AvgIpc) is 3.01. The maximum atomic E-state index is 12.5. The van der Waals surface area contributed by atoms with E-state index in [0.717, 1.165) is 22.3 Å². The van der Waals surface area contributed by atoms with Gasteiger partial charge in [0.1, 0.15) is 5.75 Å². The van der Waals surface area contributed by atoms with Crippen LogP contribution in [0.4, 0.5) is 5.69 Å². The summed E-state index contributed by atoms with van der Waals surface area (Å²) in [6.45, 7) is 0. The Labute approximate surface area is 122 Å². The van der Waals surface area contributed by atoms with Crippen LogP contribution in [0.3, 0.4) is 0 Å². The van der Waals surface area contributed by atoms with Gasteiger partial charge < -0.3 is 9.64 Å². The summed E-state index contributed by atoms with van der Waals surface area (Å²) in [4.78, 5) is 14.1. The quantitative estimate of drug-likeness (QED) is 0.803. The molecule has 21 heavy (non-hydrogen) atoms. The number of nitrogens with zero attached hydrogens (tertiary/aromatic N) is 2. The minimum absolute atomic E-state index is 0.0725. The highest BCUT2D eigenvalue weighted by atomic mass is 16.5. The van der Waals surface area contributed by atoms with E-state index in [-0.39, 0.29) is 5.91 Å². The molecule has 3 rings (SSSR count). The Kier molecular flexibility index (Phi) is 3.31. The topological polar surface area (TPSA) is 58.2 Å². The minimum atomic E-state index is -0.0725. The maximum Gasteiger partial charge on any atom is 0.258 e. The summed E-state index contributed by atoms with van der Waals surface area (Å²) >= 11 is 0. The van der Waals surface area contributed by atoms with Crippen molar-refractivity contribution in [2.24, 2.45) is 0 Å². The molecular weight excluding hydrogens is 266 g/mol. The lowest BCUT2D eigenvalue weighted by atomic mass is 10.1. The number of benzene rings is 2. The molecule has 106 valence electrons. The van der Waals surface area contributed by atoms with Crippen LogP contribution < -0.4 is 9.64 Å². The number of anilines is 1. The van der Waals surface area contributed by atoms with Crippen LogP contribution in [-0.2, 0) is 0 Å². The highest BCUT2D eigenvalue weighted by Crippen LogP contribution is 2.21. The summed E-state index contributed by atoms with van der Waals surface area (Å²) in [5.74, 6) is 0.690. The highest BCUT2D eigenvalue weighted by Gasteiger charge is 2.14. The smallest absolute Gasteiger partial charge is 0.258 e. The molecule has 0 fully saturated rings. The van der Waals surface area contributed by atoms with Gasteiger partial charge in [0.2, 0.25) is 0 Å². The zero-order valence-electron chi connectivity index (χ0n) is 11.8. The first-order chi connectivity index (χ1) is 10.2. The largest absolute Gasteiger partial charge is 0.497 e. The van der Waals surface area contributed by atoms with Crippen molar-refractivity contribution in [1.29, 1.82) is 0 Å². The Balaban J connectivity index is 1.88. The van der Waals surface area contributed by atoms with Gasteiger partial charge in [-0.3, -0.25) is 9.89 Å². The maximum absolute atomic E-state index is 12.5. The molecule has 1 N–H and O–H groups in total. The molecule has 1 heterocycles. The Morgan fingerprint density at radius 3 is 2.67 bits per heavy atom. The first-order valence-electron chi connectivity index (χ1n) is 6.54. The van der Waals surface area contributed by atoms with Crippen molar-refractivity contribution >= 4 is 22.5 Å². The number of nitrogens with one attached hydrogen (secondary N) is 1. The van der Waals surface area contributed by atoms with Crippen LogP contribution in [-0.4, -0.2) is 30.3 Å². The number of ether oxygens (including phenoxy) is 1. The highest BCUT2D eigenvalue weighted by molar-refractivity contribution is 6.07. The molecule has 0 spiro atoms. The number of rotatable bonds is 3. The summed E-state index contributed by atoms with van der Waals surface area (Å²) in [6, 6.07) is 12.9. The van der Waals surface area contributed by atoms with Crippen LogP contribution >= 0.6 is 0 Å². The van der Waals surface area contributed by atoms with Crippen molar-refractivity contribution in [3.63, 3.8) is 0 Å². The fraction of sp³-hybridized carbons (Fsp3) is 0.125. The molecule has 3 aromatic rings. The number of hydrogen-bond acceptors (Lipinski definition) is 3. The Hall–Kier alpha value is -2.82. The molecule has 1 amide bonds. The summed E-state index contributed by atoms with van der Waals surface area (Å²) in [6.07, 6.45) is 1.73. The molecule has 0 unspecified atom stereocenters. The van der Waals surface area contributed by atoms with E-state index in [2.05, 4.69) is 10.2 Å². The van der Waals surface area contributed by atoms with E-state index in [1.165, 1.54) is 0 Å². The van der Waals surface area contributed by atoms with Gasteiger partial charge in [-0.05, 0) is 36.4 Å². The second-order valence-electron chi connectivity index (χ2n) is 4.73. The van der Waals surface area contributed by atoms with Crippen molar-refractivity contribution in [2.45, 2.75) is 0 Å². The fourth-order valence-corrected chi connectivity index (χ4v) is 2.19. The summed E-state index contributed by atoms with van der Waals surface area (Å²) in [5, 5.41) is 7.82. The third-order valence-corrected chi connectivity index (χ3v) is 3.45. The molecule has 0 bridgehead atoms. The van der Waals surface area contributed by atoms with E-state index in [1.54, 1.807) is 31.3 Å². The third kappa shape index (κ3) is 2.45. The SMILES string of the molecule is COc1ccc(N(C)C(=O)c2ccc3cn[nH]c3c2)cc1. The van der Waals surface area contributed by atoms with E-state index >= 15 is 0 Å². The Morgan fingerprint density at radius 2 is 1.95 bits per heavy atom. The molecule has 0 aliphatic rings. The van der Waals surface area contributed by atoms with Gasteiger partial charge in [0.25, 0.3) is 5.91 Å². The molecule has 0 aliphatic heterocycles. The van der Waals surface area contributed by atoms with E-state index in [1.807, 2.05) is 36.4 Å². The monoisotopic (exact) mass is 281 g/mol. The second kappa shape index (κ2) is 5.28. The van der Waals surface area contributed by atoms with Gasteiger partial charge in [0.05, 0.1) is 18.8 Å². The van der Waals surface area contributed by atoms with Crippen molar-refractivity contribution in [3.05, 3.63) is 54.2 Å². The molecule has 5 heteroatoms. The van der Waals surface area contributed by atoms with Crippen LogP contribution in [0.5, 0.6) is 5.75 Å². The Bertz CT molecular complexity index is 778. The predicted molar refractivity (Wildman–Crippen MR) is 81.8 cm³/mol. The van der Waals surface area contributed by atoms with E-state index < -0.39 is 0 Å². The van der Waals surface area contributed by atoms with Gasteiger partial charge >= 0.3 is 0 Å². The molecule has 0 saturated heterocycles. The molecule has 5 nitrogen and oxygen atoms in total. The number of carbonyl (C=O) groups is 1. The van der Waals surface area contributed by atoms with Crippen molar-refractivity contribution in [3.8, 4) is 5.75 Å². The first-order valence-corrected chi connectivity index (χ1v) is 6.54. The molecular formula is C16H15N3O2. The van der Waals surface area contributed by atoms with Crippen molar-refractivity contribution in [2.75, 3.05) is 19.1 Å². The third-order valence-electron chi connectivity index (χ3n) is 3.45. The average molecular weight is 281 g/mol. The van der Waals surface area contributed by atoms with Gasteiger partial charge in [-0.15, -0.1) is 0 Å². The molecule has 2 aromatic carbocycles. The normalized spacial score (nSPS) is 10.6. The summed E-state index contributed by atoms with van der Waals surface area (Å²) in [5.41, 5.74) is 2.28. The lowest BCUT2D eigenvalue weighted by Gasteiger charge is -2.17. The summed E-state index contributed by atoms with van der Waals surface area (Å²) in [7, 11) is 3.37. The van der Waals surface area contributed by atoms with Crippen LogP contribution in [0.15, 0.2) is 48.7 Å². The van der Waals surface area contributed by atoms with E-state index in [0.29, 0.717) is 5.56 Å². The minimum Gasteiger partial charge on any atom is -0.497 e. The second-order valence-corrected chi connectivity index (χ2v) is 4.73. The standard InChI is InChI=1S/C16H15N3O2/c1-19(13-5-7-14(21-2)8-6-13)16(20)11-3-4-12-10-17-18-15(12)9-11/h3-10H,1-2H3,(H,17,18). The zero-order chi connectivity index (χ0) is 14.8. The van der Waals surface area contributed by atoms with Gasteiger partial charge in [0.15, 0.2) is 0 Å². The van der Waals surface area contributed by atoms with Crippen LogP contribution in [0, 0.1) is 0 Å². The number of methoxy groups -OCH3 is 1. The molecule has 0 saturated carbocycles. The number of H-pyrrole nitrogens is 1. The van der Waals surface area contributed by atoms with Gasteiger partial charge in [-0.25, -0.2) is 0 Å². The number of carbonyl (C=O) groups excluding carboxylic acids is 1.